The summed E-state index contributed by atoms with van der Waals surface area (Å²) in [5, 5.41) is 5.10. The van der Waals surface area contributed by atoms with Crippen LogP contribution in [0.5, 0.6) is 0 Å². The lowest BCUT2D eigenvalue weighted by Gasteiger charge is -2.50. The van der Waals surface area contributed by atoms with Crippen LogP contribution in [0.2, 0.25) is 15.1 Å². The molecule has 6 nitrogen and oxygen atoms in total. The fourth-order valence-electron chi connectivity index (χ4n) is 6.23. The van der Waals surface area contributed by atoms with E-state index in [4.69, 9.17) is 34.8 Å². The fraction of sp³-hybridized carbons (Fsp3) is 0.515. The highest BCUT2D eigenvalue weighted by Gasteiger charge is 2.47. The molecule has 0 bridgehead atoms. The summed E-state index contributed by atoms with van der Waals surface area (Å²) in [6.45, 7) is 5.61. The first-order chi connectivity index (χ1) is 20.2. The molecule has 2 aromatic rings. The Morgan fingerprint density at radius 3 is 2.29 bits per heavy atom. The van der Waals surface area contributed by atoms with Gasteiger partial charge in [0.25, 0.3) is 0 Å². The van der Waals surface area contributed by atoms with Gasteiger partial charge in [-0.2, -0.15) is 0 Å². The monoisotopic (exact) mass is 632 g/mol. The van der Waals surface area contributed by atoms with Crippen molar-refractivity contribution >= 4 is 52.6 Å². The SMILES string of the molecule is CN(C)C(=O)C1(N2CCCCC2)CCN(CCC(CNCC(=O)/C=C/c2ccc(Cl)cc2)c2ccc(Cl)c(Cl)c2)CC1. The van der Waals surface area contributed by atoms with E-state index in [0.29, 0.717) is 21.6 Å². The quantitative estimate of drug-likeness (QED) is 0.274. The lowest BCUT2D eigenvalue weighted by molar-refractivity contribution is -0.147. The van der Waals surface area contributed by atoms with Crippen LogP contribution < -0.4 is 5.32 Å². The maximum Gasteiger partial charge on any atom is 0.242 e. The predicted octanol–water partition coefficient (Wildman–Crippen LogP) is 6.40. The molecule has 228 valence electrons. The summed E-state index contributed by atoms with van der Waals surface area (Å²) in [4.78, 5) is 32.7. The van der Waals surface area contributed by atoms with E-state index in [1.165, 1.54) is 19.3 Å². The molecule has 0 aromatic heterocycles. The van der Waals surface area contributed by atoms with Gasteiger partial charge in [-0.25, -0.2) is 0 Å². The van der Waals surface area contributed by atoms with E-state index in [1.54, 1.807) is 17.1 Å². The van der Waals surface area contributed by atoms with Gasteiger partial charge in [0, 0.05) is 38.8 Å². The highest BCUT2D eigenvalue weighted by Crippen LogP contribution is 2.34. The van der Waals surface area contributed by atoms with Crippen molar-refractivity contribution in [2.24, 2.45) is 0 Å². The van der Waals surface area contributed by atoms with Gasteiger partial charge in [-0.05, 0) is 99.1 Å². The van der Waals surface area contributed by atoms with E-state index in [1.807, 2.05) is 56.6 Å². The summed E-state index contributed by atoms with van der Waals surface area (Å²) in [7, 11) is 3.76. The summed E-state index contributed by atoms with van der Waals surface area (Å²) in [5.41, 5.74) is 1.65. The van der Waals surface area contributed by atoms with Crippen LogP contribution in [0, 0.1) is 0 Å². The Hall–Kier alpha value is -1.93. The van der Waals surface area contributed by atoms with E-state index < -0.39 is 0 Å². The van der Waals surface area contributed by atoms with Crippen molar-refractivity contribution in [2.75, 3.05) is 59.9 Å². The largest absolute Gasteiger partial charge is 0.347 e. The number of halogens is 3. The molecule has 0 radical (unpaired) electrons. The lowest BCUT2D eigenvalue weighted by atomic mass is 9.82. The molecule has 2 aliphatic heterocycles. The first-order valence-corrected chi connectivity index (χ1v) is 16.1. The average Bonchev–Trinajstić information content (AvgIpc) is 3.00. The maximum atomic E-state index is 13.4. The van der Waals surface area contributed by atoms with Crippen molar-refractivity contribution in [3.63, 3.8) is 0 Å². The maximum absolute atomic E-state index is 13.4. The number of piperidine rings is 2. The van der Waals surface area contributed by atoms with Crippen LogP contribution in [-0.2, 0) is 9.59 Å². The molecule has 1 unspecified atom stereocenters. The molecule has 2 saturated heterocycles. The molecule has 2 aromatic carbocycles. The van der Waals surface area contributed by atoms with E-state index in [-0.39, 0.29) is 29.7 Å². The third kappa shape index (κ3) is 8.81. The van der Waals surface area contributed by atoms with Gasteiger partial charge in [-0.1, -0.05) is 65.5 Å². The molecular formula is C33H43Cl3N4O2. The number of ketones is 1. The number of amides is 1. The minimum atomic E-state index is -0.384. The number of likely N-dealkylation sites (tertiary alicyclic amines) is 2. The molecular weight excluding hydrogens is 591 g/mol. The number of hydrogen-bond donors (Lipinski definition) is 1. The lowest BCUT2D eigenvalue weighted by Crippen LogP contribution is -2.64. The number of rotatable bonds is 12. The Morgan fingerprint density at radius 1 is 0.952 bits per heavy atom. The zero-order valence-corrected chi connectivity index (χ0v) is 27.0. The first-order valence-electron chi connectivity index (χ1n) is 15.0. The molecule has 42 heavy (non-hydrogen) atoms. The first kappa shape index (κ1) is 33.0. The number of benzene rings is 2. The van der Waals surface area contributed by atoms with E-state index in [2.05, 4.69) is 15.1 Å². The summed E-state index contributed by atoms with van der Waals surface area (Å²) in [5.74, 6) is 0.412. The van der Waals surface area contributed by atoms with Crippen LogP contribution in [0.25, 0.3) is 6.08 Å². The molecule has 0 spiro atoms. The highest BCUT2D eigenvalue weighted by molar-refractivity contribution is 6.42. The number of carbonyl (C=O) groups is 2. The molecule has 1 amide bonds. The molecule has 2 heterocycles. The van der Waals surface area contributed by atoms with Gasteiger partial charge < -0.3 is 15.1 Å². The second kappa shape index (κ2) is 15.7. The van der Waals surface area contributed by atoms with Crippen LogP contribution in [0.3, 0.4) is 0 Å². The number of hydrogen-bond acceptors (Lipinski definition) is 5. The summed E-state index contributed by atoms with van der Waals surface area (Å²) >= 11 is 18.5. The Balaban J connectivity index is 1.35. The van der Waals surface area contributed by atoms with Crippen molar-refractivity contribution in [1.82, 2.24) is 20.0 Å². The smallest absolute Gasteiger partial charge is 0.242 e. The van der Waals surface area contributed by atoms with Crippen LogP contribution in [0.4, 0.5) is 0 Å². The van der Waals surface area contributed by atoms with Gasteiger partial charge in [-0.15, -0.1) is 0 Å². The third-order valence-corrected chi connectivity index (χ3v) is 9.67. The zero-order chi connectivity index (χ0) is 30.1. The normalized spacial score (nSPS) is 18.7. The van der Waals surface area contributed by atoms with Crippen molar-refractivity contribution in [3.05, 3.63) is 74.7 Å². The molecule has 0 saturated carbocycles. The molecule has 9 heteroatoms. The van der Waals surface area contributed by atoms with Crippen molar-refractivity contribution in [3.8, 4) is 0 Å². The van der Waals surface area contributed by atoms with Crippen LogP contribution in [-0.4, -0.2) is 91.8 Å². The number of carbonyl (C=O) groups excluding carboxylic acids is 2. The minimum absolute atomic E-state index is 0.00785. The van der Waals surface area contributed by atoms with Crippen LogP contribution >= 0.6 is 34.8 Å². The highest BCUT2D eigenvalue weighted by atomic mass is 35.5. The molecule has 1 atom stereocenters. The Bertz CT molecular complexity index is 1220. The van der Waals surface area contributed by atoms with Crippen molar-refractivity contribution in [2.45, 2.75) is 50.0 Å². The van der Waals surface area contributed by atoms with E-state index in [9.17, 15) is 9.59 Å². The van der Waals surface area contributed by atoms with Gasteiger partial charge >= 0.3 is 0 Å². The predicted molar refractivity (Wildman–Crippen MR) is 175 cm³/mol. The van der Waals surface area contributed by atoms with Gasteiger partial charge in [0.15, 0.2) is 5.78 Å². The van der Waals surface area contributed by atoms with Crippen molar-refractivity contribution < 1.29 is 9.59 Å². The topological polar surface area (TPSA) is 55.9 Å². The fourth-order valence-corrected chi connectivity index (χ4v) is 6.67. The Kier molecular flexibility index (Phi) is 12.3. The van der Waals surface area contributed by atoms with Crippen LogP contribution in [0.15, 0.2) is 48.5 Å². The Morgan fingerprint density at radius 2 is 1.64 bits per heavy atom. The molecule has 2 aliphatic rings. The Labute approximate surface area is 266 Å². The van der Waals surface area contributed by atoms with E-state index in [0.717, 1.165) is 63.1 Å². The summed E-state index contributed by atoms with van der Waals surface area (Å²) in [6, 6.07) is 13.2. The van der Waals surface area contributed by atoms with Gasteiger partial charge in [-0.3, -0.25) is 14.5 Å². The molecule has 0 aliphatic carbocycles. The zero-order valence-electron chi connectivity index (χ0n) is 24.8. The van der Waals surface area contributed by atoms with Gasteiger partial charge in [0.2, 0.25) is 5.91 Å². The minimum Gasteiger partial charge on any atom is -0.347 e. The van der Waals surface area contributed by atoms with Gasteiger partial charge in [0.1, 0.15) is 5.54 Å². The van der Waals surface area contributed by atoms with Gasteiger partial charge in [0.05, 0.1) is 16.6 Å². The average molecular weight is 634 g/mol. The summed E-state index contributed by atoms with van der Waals surface area (Å²) in [6.07, 6.45) is 9.61. The second-order valence-electron chi connectivity index (χ2n) is 11.8. The van der Waals surface area contributed by atoms with Crippen LogP contribution in [0.1, 0.15) is 55.6 Å². The summed E-state index contributed by atoms with van der Waals surface area (Å²) < 4.78 is 0. The molecule has 1 N–H and O–H groups in total. The third-order valence-electron chi connectivity index (χ3n) is 8.68. The second-order valence-corrected chi connectivity index (χ2v) is 13.0. The standard InChI is InChI=1S/C33H43Cl3N4O2/c1-38(2)32(42)33(40-17-4-3-5-18-40)15-20-39(21-16-33)19-14-27(26-9-13-30(35)31(36)22-26)23-37-24-29(41)12-8-25-6-10-28(34)11-7-25/h6-13,22,27,37H,3-5,14-21,23-24H2,1-2H3/b12-8+. The number of nitrogens with one attached hydrogen (secondary N) is 1. The number of likely N-dealkylation sites (N-methyl/N-ethyl adjacent to an activating group) is 1. The van der Waals surface area contributed by atoms with E-state index >= 15 is 0 Å². The van der Waals surface area contributed by atoms with Crippen molar-refractivity contribution in [1.29, 1.82) is 0 Å². The molecule has 4 rings (SSSR count). The number of nitrogens with zero attached hydrogens (tertiary/aromatic N) is 3. The molecule has 2 fully saturated rings.